The Kier molecular flexibility index (Phi) is 4.97. The van der Waals surface area contributed by atoms with Gasteiger partial charge in [-0.05, 0) is 37.4 Å². The van der Waals surface area contributed by atoms with Gasteiger partial charge in [0.25, 0.3) is 0 Å². The van der Waals surface area contributed by atoms with E-state index in [1.165, 1.54) is 18.4 Å². The number of nitrogens with one attached hydrogen (secondary N) is 1. The SMILES string of the molecule is CCN(CC)CC(=O)NC(c1ccccc1)C1CC1. The number of benzene rings is 1. The van der Waals surface area contributed by atoms with Crippen LogP contribution in [0.25, 0.3) is 0 Å². The van der Waals surface area contributed by atoms with Crippen LogP contribution in [0.2, 0.25) is 0 Å². The molecule has 1 aliphatic rings. The van der Waals surface area contributed by atoms with E-state index in [4.69, 9.17) is 0 Å². The fourth-order valence-electron chi connectivity index (χ4n) is 2.43. The molecule has 19 heavy (non-hydrogen) atoms. The summed E-state index contributed by atoms with van der Waals surface area (Å²) >= 11 is 0. The lowest BCUT2D eigenvalue weighted by molar-refractivity contribution is -0.123. The van der Waals surface area contributed by atoms with E-state index in [2.05, 4.69) is 36.2 Å². The Morgan fingerprint density at radius 2 is 1.89 bits per heavy atom. The highest BCUT2D eigenvalue weighted by Crippen LogP contribution is 2.40. The number of carbonyl (C=O) groups is 1. The molecule has 1 amide bonds. The van der Waals surface area contributed by atoms with Crippen molar-refractivity contribution in [3.05, 3.63) is 35.9 Å². The van der Waals surface area contributed by atoms with E-state index in [-0.39, 0.29) is 11.9 Å². The fraction of sp³-hybridized carbons (Fsp3) is 0.562. The van der Waals surface area contributed by atoms with E-state index in [0.29, 0.717) is 12.5 Å². The maximum absolute atomic E-state index is 12.1. The zero-order valence-electron chi connectivity index (χ0n) is 11.9. The average Bonchev–Trinajstić information content (AvgIpc) is 3.27. The molecule has 1 saturated carbocycles. The molecule has 1 unspecified atom stereocenters. The summed E-state index contributed by atoms with van der Waals surface area (Å²) in [6.45, 7) is 6.52. The zero-order valence-corrected chi connectivity index (χ0v) is 11.9. The number of nitrogens with zero attached hydrogens (tertiary/aromatic N) is 1. The van der Waals surface area contributed by atoms with Gasteiger partial charge in [0.15, 0.2) is 0 Å². The van der Waals surface area contributed by atoms with Gasteiger partial charge in [-0.25, -0.2) is 0 Å². The monoisotopic (exact) mass is 260 g/mol. The molecule has 3 nitrogen and oxygen atoms in total. The third-order valence-corrected chi connectivity index (χ3v) is 3.83. The Morgan fingerprint density at radius 3 is 2.42 bits per heavy atom. The Hall–Kier alpha value is -1.35. The minimum absolute atomic E-state index is 0.143. The van der Waals surface area contributed by atoms with Crippen LogP contribution in [0.1, 0.15) is 38.3 Å². The highest BCUT2D eigenvalue weighted by Gasteiger charge is 2.33. The van der Waals surface area contributed by atoms with Gasteiger partial charge in [-0.1, -0.05) is 44.2 Å². The lowest BCUT2D eigenvalue weighted by Crippen LogP contribution is -2.39. The van der Waals surface area contributed by atoms with Crippen molar-refractivity contribution in [1.82, 2.24) is 10.2 Å². The Labute approximate surface area is 116 Å². The van der Waals surface area contributed by atoms with Crippen molar-refractivity contribution in [2.24, 2.45) is 5.92 Å². The standard InChI is InChI=1S/C16H24N2O/c1-3-18(4-2)12-15(19)17-16(14-10-11-14)13-8-6-5-7-9-13/h5-9,14,16H,3-4,10-12H2,1-2H3,(H,17,19). The van der Waals surface area contributed by atoms with Crippen molar-refractivity contribution in [1.29, 1.82) is 0 Å². The minimum Gasteiger partial charge on any atom is -0.348 e. The Morgan fingerprint density at radius 1 is 1.26 bits per heavy atom. The average molecular weight is 260 g/mol. The summed E-state index contributed by atoms with van der Waals surface area (Å²) in [5, 5.41) is 3.21. The molecule has 1 aromatic carbocycles. The van der Waals surface area contributed by atoms with Gasteiger partial charge in [0.2, 0.25) is 5.91 Å². The molecular formula is C16H24N2O. The molecule has 1 aliphatic carbocycles. The number of hydrogen-bond acceptors (Lipinski definition) is 2. The van der Waals surface area contributed by atoms with Crippen molar-refractivity contribution in [2.75, 3.05) is 19.6 Å². The Bertz CT molecular complexity index is 396. The largest absolute Gasteiger partial charge is 0.348 e. The molecule has 0 bridgehead atoms. The van der Waals surface area contributed by atoms with Crippen LogP contribution in [0.5, 0.6) is 0 Å². The van der Waals surface area contributed by atoms with Crippen molar-refractivity contribution in [3.8, 4) is 0 Å². The van der Waals surface area contributed by atoms with Gasteiger partial charge in [-0.15, -0.1) is 0 Å². The topological polar surface area (TPSA) is 32.3 Å². The third-order valence-electron chi connectivity index (χ3n) is 3.83. The van der Waals surface area contributed by atoms with Crippen LogP contribution in [0, 0.1) is 5.92 Å². The first-order chi connectivity index (χ1) is 9.24. The number of carbonyl (C=O) groups excluding carboxylic acids is 1. The molecule has 3 heteroatoms. The van der Waals surface area contributed by atoms with Crippen LogP contribution in [-0.4, -0.2) is 30.4 Å². The number of rotatable bonds is 7. The van der Waals surface area contributed by atoms with Crippen LogP contribution in [-0.2, 0) is 4.79 Å². The van der Waals surface area contributed by atoms with Gasteiger partial charge in [0, 0.05) is 0 Å². The molecule has 0 aliphatic heterocycles. The molecule has 1 fully saturated rings. The molecule has 2 rings (SSSR count). The number of hydrogen-bond donors (Lipinski definition) is 1. The van der Waals surface area contributed by atoms with Crippen molar-refractivity contribution >= 4 is 5.91 Å². The summed E-state index contributed by atoms with van der Waals surface area (Å²) in [5.74, 6) is 0.771. The molecule has 1 aromatic rings. The van der Waals surface area contributed by atoms with E-state index in [1.807, 2.05) is 18.2 Å². The first kappa shape index (κ1) is 14.1. The molecule has 0 aromatic heterocycles. The van der Waals surface area contributed by atoms with Crippen LogP contribution >= 0.6 is 0 Å². The number of amides is 1. The van der Waals surface area contributed by atoms with Gasteiger partial charge in [0.05, 0.1) is 12.6 Å². The quantitative estimate of drug-likeness (QED) is 0.817. The van der Waals surface area contributed by atoms with Crippen LogP contribution in [0.3, 0.4) is 0 Å². The fourth-order valence-corrected chi connectivity index (χ4v) is 2.43. The summed E-state index contributed by atoms with van der Waals surface area (Å²) < 4.78 is 0. The van der Waals surface area contributed by atoms with Gasteiger partial charge < -0.3 is 5.32 Å². The Balaban J connectivity index is 1.96. The second kappa shape index (κ2) is 6.71. The normalized spacial score (nSPS) is 16.4. The smallest absolute Gasteiger partial charge is 0.234 e. The van der Waals surface area contributed by atoms with E-state index in [9.17, 15) is 4.79 Å². The summed E-state index contributed by atoms with van der Waals surface area (Å²) in [6.07, 6.45) is 2.45. The second-order valence-electron chi connectivity index (χ2n) is 5.25. The minimum atomic E-state index is 0.143. The summed E-state index contributed by atoms with van der Waals surface area (Å²) in [4.78, 5) is 14.3. The molecule has 0 spiro atoms. The molecule has 0 radical (unpaired) electrons. The maximum atomic E-state index is 12.1. The van der Waals surface area contributed by atoms with Crippen molar-refractivity contribution in [2.45, 2.75) is 32.7 Å². The molecule has 0 heterocycles. The maximum Gasteiger partial charge on any atom is 0.234 e. The summed E-state index contributed by atoms with van der Waals surface area (Å²) in [5.41, 5.74) is 1.23. The predicted molar refractivity (Wildman–Crippen MR) is 77.8 cm³/mol. The van der Waals surface area contributed by atoms with Crippen LogP contribution < -0.4 is 5.32 Å². The molecule has 104 valence electrons. The van der Waals surface area contributed by atoms with Crippen molar-refractivity contribution < 1.29 is 4.79 Å². The highest BCUT2D eigenvalue weighted by molar-refractivity contribution is 5.78. The summed E-state index contributed by atoms with van der Waals surface area (Å²) in [6, 6.07) is 10.5. The summed E-state index contributed by atoms with van der Waals surface area (Å²) in [7, 11) is 0. The van der Waals surface area contributed by atoms with Gasteiger partial charge in [0.1, 0.15) is 0 Å². The zero-order chi connectivity index (χ0) is 13.7. The van der Waals surface area contributed by atoms with Crippen LogP contribution in [0.4, 0.5) is 0 Å². The third kappa shape index (κ3) is 4.06. The molecule has 1 atom stereocenters. The van der Waals surface area contributed by atoms with Crippen LogP contribution in [0.15, 0.2) is 30.3 Å². The van der Waals surface area contributed by atoms with E-state index >= 15 is 0 Å². The van der Waals surface area contributed by atoms with Gasteiger partial charge in [-0.2, -0.15) is 0 Å². The molecular weight excluding hydrogens is 236 g/mol. The highest BCUT2D eigenvalue weighted by atomic mass is 16.2. The first-order valence-corrected chi connectivity index (χ1v) is 7.31. The van der Waals surface area contributed by atoms with Gasteiger partial charge in [-0.3, -0.25) is 9.69 Å². The second-order valence-corrected chi connectivity index (χ2v) is 5.25. The van der Waals surface area contributed by atoms with E-state index in [1.54, 1.807) is 0 Å². The molecule has 1 N–H and O–H groups in total. The number of likely N-dealkylation sites (N-methyl/N-ethyl adjacent to an activating group) is 1. The van der Waals surface area contributed by atoms with Gasteiger partial charge >= 0.3 is 0 Å². The van der Waals surface area contributed by atoms with E-state index in [0.717, 1.165) is 13.1 Å². The lowest BCUT2D eigenvalue weighted by Gasteiger charge is -2.22. The lowest BCUT2D eigenvalue weighted by atomic mass is 10.0. The predicted octanol–water partition coefficient (Wildman–Crippen LogP) is 2.60. The van der Waals surface area contributed by atoms with E-state index < -0.39 is 0 Å². The first-order valence-electron chi connectivity index (χ1n) is 7.31. The van der Waals surface area contributed by atoms with Crippen molar-refractivity contribution in [3.63, 3.8) is 0 Å². The molecule has 0 saturated heterocycles.